The highest BCUT2D eigenvalue weighted by molar-refractivity contribution is 6.32. The molecule has 0 aliphatic rings. The van der Waals surface area contributed by atoms with E-state index in [1.165, 1.54) is 22.3 Å². The molecule has 0 atom stereocenters. The van der Waals surface area contributed by atoms with Crippen LogP contribution in [0.2, 0.25) is 5.02 Å². The number of rotatable bonds is 6. The van der Waals surface area contributed by atoms with Crippen molar-refractivity contribution in [1.82, 2.24) is 5.32 Å². The van der Waals surface area contributed by atoms with E-state index in [2.05, 4.69) is 50.4 Å². The SMILES string of the molecule is CCNCc1ccc(OCc2c(C)cccc2C)c(Cl)c1. The molecule has 1 N–H and O–H groups in total. The molecule has 2 rings (SSSR count). The normalized spacial score (nSPS) is 10.7. The molecule has 3 heteroatoms. The van der Waals surface area contributed by atoms with Crippen molar-refractivity contribution in [2.75, 3.05) is 6.54 Å². The standard InChI is InChI=1S/C18H22ClNO/c1-4-20-11-15-8-9-18(17(19)10-15)21-12-16-13(2)6-5-7-14(16)3/h5-10,20H,4,11-12H2,1-3H3. The molecular weight excluding hydrogens is 282 g/mol. The second kappa shape index (κ2) is 7.48. The molecule has 21 heavy (non-hydrogen) atoms. The van der Waals surface area contributed by atoms with Gasteiger partial charge >= 0.3 is 0 Å². The van der Waals surface area contributed by atoms with Crippen molar-refractivity contribution in [2.45, 2.75) is 33.9 Å². The van der Waals surface area contributed by atoms with Crippen molar-refractivity contribution in [1.29, 1.82) is 0 Å². The van der Waals surface area contributed by atoms with Crippen LogP contribution in [0.25, 0.3) is 0 Å². The molecule has 0 aromatic heterocycles. The minimum atomic E-state index is 0.546. The van der Waals surface area contributed by atoms with Crippen LogP contribution < -0.4 is 10.1 Å². The maximum absolute atomic E-state index is 6.30. The Morgan fingerprint density at radius 2 is 1.81 bits per heavy atom. The van der Waals surface area contributed by atoms with Gasteiger partial charge in [-0.1, -0.05) is 42.8 Å². The third-order valence-electron chi connectivity index (χ3n) is 3.59. The van der Waals surface area contributed by atoms with Crippen LogP contribution in [-0.4, -0.2) is 6.54 Å². The summed E-state index contributed by atoms with van der Waals surface area (Å²) >= 11 is 6.30. The first kappa shape index (κ1) is 15.9. The zero-order valence-electron chi connectivity index (χ0n) is 12.9. The summed E-state index contributed by atoms with van der Waals surface area (Å²) in [5.41, 5.74) is 4.89. The average Bonchev–Trinajstić information content (AvgIpc) is 2.46. The van der Waals surface area contributed by atoms with E-state index in [1.54, 1.807) is 0 Å². The number of halogens is 1. The fourth-order valence-corrected chi connectivity index (χ4v) is 2.52. The van der Waals surface area contributed by atoms with Gasteiger partial charge in [0.1, 0.15) is 12.4 Å². The van der Waals surface area contributed by atoms with Gasteiger partial charge in [0.15, 0.2) is 0 Å². The molecule has 112 valence electrons. The van der Waals surface area contributed by atoms with Gasteiger partial charge in [-0.2, -0.15) is 0 Å². The van der Waals surface area contributed by atoms with E-state index >= 15 is 0 Å². The number of ether oxygens (including phenoxy) is 1. The van der Waals surface area contributed by atoms with Gasteiger partial charge in [-0.15, -0.1) is 0 Å². The zero-order chi connectivity index (χ0) is 15.2. The molecule has 0 saturated carbocycles. The number of aryl methyl sites for hydroxylation is 2. The lowest BCUT2D eigenvalue weighted by atomic mass is 10.0. The molecule has 0 saturated heterocycles. The molecule has 2 nitrogen and oxygen atoms in total. The lowest BCUT2D eigenvalue weighted by molar-refractivity contribution is 0.304. The molecule has 0 fully saturated rings. The Morgan fingerprint density at radius 3 is 2.43 bits per heavy atom. The van der Waals surface area contributed by atoms with Gasteiger partial charge in [-0.05, 0) is 54.8 Å². The Kier molecular flexibility index (Phi) is 5.66. The maximum atomic E-state index is 6.30. The monoisotopic (exact) mass is 303 g/mol. The van der Waals surface area contributed by atoms with E-state index in [1.807, 2.05) is 12.1 Å². The van der Waals surface area contributed by atoms with Crippen LogP contribution in [0.1, 0.15) is 29.2 Å². The Morgan fingerprint density at radius 1 is 1.10 bits per heavy atom. The molecule has 0 aliphatic carbocycles. The first-order valence-electron chi connectivity index (χ1n) is 7.29. The van der Waals surface area contributed by atoms with Crippen LogP contribution in [0.4, 0.5) is 0 Å². The van der Waals surface area contributed by atoms with E-state index < -0.39 is 0 Å². The minimum absolute atomic E-state index is 0.546. The summed E-state index contributed by atoms with van der Waals surface area (Å²) in [5, 5.41) is 3.95. The molecule has 0 spiro atoms. The first-order valence-corrected chi connectivity index (χ1v) is 7.66. The van der Waals surface area contributed by atoms with Gasteiger partial charge in [-0.3, -0.25) is 0 Å². The van der Waals surface area contributed by atoms with Crippen molar-refractivity contribution in [3.63, 3.8) is 0 Å². The lowest BCUT2D eigenvalue weighted by Crippen LogP contribution is -2.11. The summed E-state index contributed by atoms with van der Waals surface area (Å²) < 4.78 is 5.89. The highest BCUT2D eigenvalue weighted by Crippen LogP contribution is 2.27. The van der Waals surface area contributed by atoms with Gasteiger partial charge in [0.05, 0.1) is 5.02 Å². The third-order valence-corrected chi connectivity index (χ3v) is 3.89. The summed E-state index contributed by atoms with van der Waals surface area (Å²) in [6.45, 7) is 8.61. The minimum Gasteiger partial charge on any atom is -0.487 e. The number of hydrogen-bond acceptors (Lipinski definition) is 2. The van der Waals surface area contributed by atoms with E-state index in [0.717, 1.165) is 18.8 Å². The molecule has 0 heterocycles. The number of nitrogens with one attached hydrogen (secondary N) is 1. The quantitative estimate of drug-likeness (QED) is 0.839. The summed E-state index contributed by atoms with van der Waals surface area (Å²) in [7, 11) is 0. The first-order chi connectivity index (χ1) is 10.1. The topological polar surface area (TPSA) is 21.3 Å². The van der Waals surface area contributed by atoms with Crippen molar-refractivity contribution in [3.8, 4) is 5.75 Å². The Labute approximate surface area is 132 Å². The molecule has 0 aliphatic heterocycles. The maximum Gasteiger partial charge on any atom is 0.138 e. The van der Waals surface area contributed by atoms with E-state index in [4.69, 9.17) is 16.3 Å². The highest BCUT2D eigenvalue weighted by atomic mass is 35.5. The summed E-state index contributed by atoms with van der Waals surface area (Å²) in [6.07, 6.45) is 0. The van der Waals surface area contributed by atoms with Crippen LogP contribution >= 0.6 is 11.6 Å². The number of hydrogen-bond donors (Lipinski definition) is 1. The number of benzene rings is 2. The molecule has 0 radical (unpaired) electrons. The summed E-state index contributed by atoms with van der Waals surface area (Å²) in [6, 6.07) is 12.2. The molecule has 0 unspecified atom stereocenters. The fraction of sp³-hybridized carbons (Fsp3) is 0.333. The summed E-state index contributed by atoms with van der Waals surface area (Å²) in [4.78, 5) is 0. The second-order valence-electron chi connectivity index (χ2n) is 5.20. The van der Waals surface area contributed by atoms with Gasteiger partial charge in [0.2, 0.25) is 0 Å². The van der Waals surface area contributed by atoms with Gasteiger partial charge in [0.25, 0.3) is 0 Å². The van der Waals surface area contributed by atoms with Crippen LogP contribution in [0, 0.1) is 13.8 Å². The second-order valence-corrected chi connectivity index (χ2v) is 5.61. The van der Waals surface area contributed by atoms with Crippen LogP contribution in [0.5, 0.6) is 5.75 Å². The molecule has 0 bridgehead atoms. The average molecular weight is 304 g/mol. The Balaban J connectivity index is 2.06. The van der Waals surface area contributed by atoms with E-state index in [-0.39, 0.29) is 0 Å². The molecular formula is C18H22ClNO. The molecule has 0 amide bonds. The van der Waals surface area contributed by atoms with Crippen LogP contribution in [-0.2, 0) is 13.2 Å². The highest BCUT2D eigenvalue weighted by Gasteiger charge is 2.06. The summed E-state index contributed by atoms with van der Waals surface area (Å²) in [5.74, 6) is 0.736. The Hall–Kier alpha value is -1.51. The van der Waals surface area contributed by atoms with Gasteiger partial charge < -0.3 is 10.1 Å². The van der Waals surface area contributed by atoms with E-state index in [9.17, 15) is 0 Å². The van der Waals surface area contributed by atoms with Crippen molar-refractivity contribution >= 4 is 11.6 Å². The van der Waals surface area contributed by atoms with Crippen molar-refractivity contribution < 1.29 is 4.74 Å². The predicted octanol–water partition coefficient (Wildman–Crippen LogP) is 4.65. The third kappa shape index (κ3) is 4.23. The molecule has 2 aromatic rings. The van der Waals surface area contributed by atoms with Crippen molar-refractivity contribution in [3.05, 3.63) is 63.7 Å². The van der Waals surface area contributed by atoms with E-state index in [0.29, 0.717) is 11.6 Å². The van der Waals surface area contributed by atoms with Crippen molar-refractivity contribution in [2.24, 2.45) is 0 Å². The predicted molar refractivity (Wildman–Crippen MR) is 89.1 cm³/mol. The van der Waals surface area contributed by atoms with Crippen LogP contribution in [0.3, 0.4) is 0 Å². The van der Waals surface area contributed by atoms with Gasteiger partial charge in [-0.25, -0.2) is 0 Å². The Bertz CT molecular complexity index is 590. The lowest BCUT2D eigenvalue weighted by Gasteiger charge is -2.13. The fourth-order valence-electron chi connectivity index (χ4n) is 2.27. The van der Waals surface area contributed by atoms with Gasteiger partial charge in [0, 0.05) is 6.54 Å². The zero-order valence-corrected chi connectivity index (χ0v) is 13.6. The largest absolute Gasteiger partial charge is 0.487 e. The van der Waals surface area contributed by atoms with Crippen LogP contribution in [0.15, 0.2) is 36.4 Å². The smallest absolute Gasteiger partial charge is 0.138 e. The molecule has 2 aromatic carbocycles.